The van der Waals surface area contributed by atoms with Crippen molar-refractivity contribution in [1.82, 2.24) is 14.8 Å². The van der Waals surface area contributed by atoms with Crippen molar-refractivity contribution in [2.45, 2.75) is 38.4 Å². The number of amides is 2. The molecular formula is C23H25ClFN3O5. The number of nitrogens with one attached hydrogen (secondary N) is 1. The SMILES string of the molecule is COC[C@H]1C[C@@]12CN(C(C)C)C(=O)c1c(O)c(=O)c(C(=O)NCc3cccc(Cl)c3F)cn12. The van der Waals surface area contributed by atoms with Crippen LogP contribution in [0.3, 0.4) is 0 Å². The first kappa shape index (κ1) is 23.3. The van der Waals surface area contributed by atoms with Crippen molar-refractivity contribution >= 4 is 23.4 Å². The number of aromatic hydroxyl groups is 1. The number of carbonyl (C=O) groups excluding carboxylic acids is 2. The van der Waals surface area contributed by atoms with Gasteiger partial charge in [-0.15, -0.1) is 0 Å². The second kappa shape index (κ2) is 8.46. The number of hydrogen-bond donors (Lipinski definition) is 2. The molecule has 1 aliphatic carbocycles. The third-order valence-corrected chi connectivity index (χ3v) is 6.77. The lowest BCUT2D eigenvalue weighted by Gasteiger charge is -2.39. The Balaban J connectivity index is 1.72. The molecule has 1 fully saturated rings. The number of benzene rings is 1. The number of rotatable bonds is 6. The zero-order valence-electron chi connectivity index (χ0n) is 18.5. The van der Waals surface area contributed by atoms with Gasteiger partial charge in [-0.3, -0.25) is 14.4 Å². The minimum Gasteiger partial charge on any atom is -0.503 e. The lowest BCUT2D eigenvalue weighted by molar-refractivity contribution is 0.0543. The highest BCUT2D eigenvalue weighted by Gasteiger charge is 2.60. The van der Waals surface area contributed by atoms with E-state index in [1.807, 2.05) is 13.8 Å². The van der Waals surface area contributed by atoms with Crippen LogP contribution in [-0.4, -0.2) is 52.7 Å². The largest absolute Gasteiger partial charge is 0.503 e. The van der Waals surface area contributed by atoms with E-state index >= 15 is 0 Å². The average molecular weight is 478 g/mol. The second-order valence-electron chi connectivity index (χ2n) is 8.82. The Morgan fingerprint density at radius 2 is 2.12 bits per heavy atom. The average Bonchev–Trinajstić information content (AvgIpc) is 3.46. The molecule has 1 aromatic heterocycles. The van der Waals surface area contributed by atoms with Gasteiger partial charge in [-0.05, 0) is 26.3 Å². The maximum atomic E-state index is 14.2. The van der Waals surface area contributed by atoms with Crippen LogP contribution in [0.2, 0.25) is 5.02 Å². The molecule has 4 rings (SSSR count). The highest BCUT2D eigenvalue weighted by atomic mass is 35.5. The second-order valence-corrected chi connectivity index (χ2v) is 9.23. The van der Waals surface area contributed by atoms with Gasteiger partial charge in [-0.25, -0.2) is 4.39 Å². The van der Waals surface area contributed by atoms with Gasteiger partial charge in [-0.1, -0.05) is 23.7 Å². The molecule has 2 atom stereocenters. The number of methoxy groups -OCH3 is 1. The van der Waals surface area contributed by atoms with Gasteiger partial charge < -0.3 is 24.6 Å². The summed E-state index contributed by atoms with van der Waals surface area (Å²) < 4.78 is 21.0. The Morgan fingerprint density at radius 3 is 2.79 bits per heavy atom. The van der Waals surface area contributed by atoms with E-state index in [-0.39, 0.29) is 40.3 Å². The molecule has 176 valence electrons. The third-order valence-electron chi connectivity index (χ3n) is 6.48. The van der Waals surface area contributed by atoms with Crippen LogP contribution in [0.5, 0.6) is 5.75 Å². The van der Waals surface area contributed by atoms with Crippen molar-refractivity contribution in [3.8, 4) is 5.75 Å². The third kappa shape index (κ3) is 3.79. The number of hydrogen-bond acceptors (Lipinski definition) is 5. The number of nitrogens with zero attached hydrogens (tertiary/aromatic N) is 2. The summed E-state index contributed by atoms with van der Waals surface area (Å²) in [6.45, 7) is 4.33. The van der Waals surface area contributed by atoms with E-state index in [0.29, 0.717) is 19.6 Å². The summed E-state index contributed by atoms with van der Waals surface area (Å²) in [5.74, 6) is -2.64. The quantitative estimate of drug-likeness (QED) is 0.665. The minimum absolute atomic E-state index is 0.0500. The van der Waals surface area contributed by atoms with Crippen molar-refractivity contribution in [2.24, 2.45) is 5.92 Å². The van der Waals surface area contributed by atoms with Gasteiger partial charge >= 0.3 is 0 Å². The molecule has 2 amide bonds. The van der Waals surface area contributed by atoms with Crippen LogP contribution in [0, 0.1) is 11.7 Å². The fourth-order valence-electron chi connectivity index (χ4n) is 4.54. The highest BCUT2D eigenvalue weighted by Crippen LogP contribution is 2.54. The predicted molar refractivity (Wildman–Crippen MR) is 119 cm³/mol. The molecule has 10 heteroatoms. The van der Waals surface area contributed by atoms with Gasteiger partial charge in [0.15, 0.2) is 11.4 Å². The monoisotopic (exact) mass is 477 g/mol. The van der Waals surface area contributed by atoms with Gasteiger partial charge in [-0.2, -0.15) is 0 Å². The van der Waals surface area contributed by atoms with Crippen molar-refractivity contribution in [2.75, 3.05) is 20.3 Å². The maximum Gasteiger partial charge on any atom is 0.274 e. The normalized spacial score (nSPS) is 21.5. The number of fused-ring (bicyclic) bond motifs is 2. The van der Waals surface area contributed by atoms with Crippen molar-refractivity contribution in [1.29, 1.82) is 0 Å². The molecule has 0 unspecified atom stereocenters. The van der Waals surface area contributed by atoms with Crippen LogP contribution in [0.4, 0.5) is 4.39 Å². The summed E-state index contributed by atoms with van der Waals surface area (Å²) in [5, 5.41) is 13.1. The van der Waals surface area contributed by atoms with Crippen molar-refractivity contribution in [3.63, 3.8) is 0 Å². The molecule has 2 aliphatic rings. The van der Waals surface area contributed by atoms with E-state index in [0.717, 1.165) is 0 Å². The Bertz CT molecular complexity index is 1200. The van der Waals surface area contributed by atoms with Gasteiger partial charge in [0.2, 0.25) is 5.43 Å². The van der Waals surface area contributed by atoms with Gasteiger partial charge in [0, 0.05) is 43.9 Å². The smallest absolute Gasteiger partial charge is 0.274 e. The zero-order chi connectivity index (χ0) is 24.1. The first-order valence-electron chi connectivity index (χ1n) is 10.6. The standard InChI is InChI=1S/C23H25ClFN3O5/c1-12(2)27-11-23(7-14(23)10-33-3)28-9-15(19(29)20(30)18(28)22(27)32)21(31)26-8-13-5-4-6-16(24)17(13)25/h4-6,9,12,14,30H,7-8,10-11H2,1-3H3,(H,26,31)/t14-,23-/m1/s1. The van der Waals surface area contributed by atoms with Crippen LogP contribution in [0.15, 0.2) is 29.2 Å². The summed E-state index contributed by atoms with van der Waals surface area (Å²) in [5.41, 5.74) is -1.84. The van der Waals surface area contributed by atoms with Crippen molar-refractivity contribution in [3.05, 3.63) is 62.3 Å². The maximum absolute atomic E-state index is 14.2. The molecule has 1 aromatic carbocycles. The summed E-state index contributed by atoms with van der Waals surface area (Å²) in [4.78, 5) is 40.4. The molecule has 33 heavy (non-hydrogen) atoms. The van der Waals surface area contributed by atoms with Gasteiger partial charge in [0.25, 0.3) is 11.8 Å². The van der Waals surface area contributed by atoms with E-state index in [4.69, 9.17) is 16.3 Å². The first-order chi connectivity index (χ1) is 15.6. The molecule has 0 radical (unpaired) electrons. The van der Waals surface area contributed by atoms with Gasteiger partial charge in [0.05, 0.1) is 17.2 Å². The molecule has 0 bridgehead atoms. The lowest BCUT2D eigenvalue weighted by Crippen LogP contribution is -2.52. The van der Waals surface area contributed by atoms with Gasteiger partial charge in [0.1, 0.15) is 11.4 Å². The molecule has 1 spiro atoms. The molecule has 2 N–H and O–H groups in total. The first-order valence-corrected chi connectivity index (χ1v) is 11.0. The molecule has 1 aliphatic heterocycles. The fraction of sp³-hybridized carbons (Fsp3) is 0.435. The molecule has 0 saturated heterocycles. The summed E-state index contributed by atoms with van der Waals surface area (Å²) in [6, 6.07) is 4.26. The van der Waals surface area contributed by atoms with Crippen molar-refractivity contribution < 1.29 is 23.8 Å². The Labute approximate surface area is 194 Å². The topological polar surface area (TPSA) is 101 Å². The summed E-state index contributed by atoms with van der Waals surface area (Å²) in [6.07, 6.45) is 1.99. The predicted octanol–water partition coefficient (Wildman–Crippen LogP) is 2.50. The van der Waals surface area contributed by atoms with Crippen LogP contribution in [0.1, 0.15) is 46.7 Å². The number of ether oxygens (including phenoxy) is 1. The van der Waals surface area contributed by atoms with Crippen LogP contribution in [-0.2, 0) is 16.8 Å². The number of carbonyl (C=O) groups is 2. The van der Waals surface area contributed by atoms with Crippen LogP contribution in [0.25, 0.3) is 0 Å². The number of pyridine rings is 1. The van der Waals surface area contributed by atoms with Crippen LogP contribution < -0.4 is 10.7 Å². The molecular weight excluding hydrogens is 453 g/mol. The highest BCUT2D eigenvalue weighted by molar-refractivity contribution is 6.30. The molecule has 2 heterocycles. The number of halogens is 2. The van der Waals surface area contributed by atoms with Crippen LogP contribution >= 0.6 is 11.6 Å². The molecule has 2 aromatic rings. The Hall–Kier alpha value is -2.91. The van der Waals surface area contributed by atoms with E-state index in [9.17, 15) is 23.9 Å². The Morgan fingerprint density at radius 1 is 1.39 bits per heavy atom. The fourth-order valence-corrected chi connectivity index (χ4v) is 4.74. The summed E-state index contributed by atoms with van der Waals surface area (Å²) in [7, 11) is 1.58. The number of aromatic nitrogens is 1. The van der Waals surface area contributed by atoms with E-state index in [2.05, 4.69) is 5.32 Å². The molecule has 1 saturated carbocycles. The van der Waals surface area contributed by atoms with E-state index < -0.39 is 34.3 Å². The lowest BCUT2D eigenvalue weighted by atomic mass is 10.0. The molecule has 8 nitrogen and oxygen atoms in total. The van der Waals surface area contributed by atoms with E-state index in [1.54, 1.807) is 22.6 Å². The summed E-state index contributed by atoms with van der Waals surface area (Å²) >= 11 is 5.78. The van der Waals surface area contributed by atoms with E-state index in [1.165, 1.54) is 18.3 Å². The minimum atomic E-state index is -0.955. The zero-order valence-corrected chi connectivity index (χ0v) is 19.3. The Kier molecular flexibility index (Phi) is 5.96.